The van der Waals surface area contributed by atoms with Crippen molar-refractivity contribution >= 4 is 11.7 Å². The van der Waals surface area contributed by atoms with Crippen LogP contribution in [0.2, 0.25) is 0 Å². The largest absolute Gasteiger partial charge is 0.489 e. The third-order valence-electron chi connectivity index (χ3n) is 4.75. The van der Waals surface area contributed by atoms with E-state index in [2.05, 4.69) is 29.2 Å². The van der Waals surface area contributed by atoms with Crippen molar-refractivity contribution in [2.75, 3.05) is 32.0 Å². The third kappa shape index (κ3) is 5.89. The van der Waals surface area contributed by atoms with E-state index in [0.29, 0.717) is 29.7 Å². The Morgan fingerprint density at radius 1 is 1.07 bits per heavy atom. The highest BCUT2D eigenvalue weighted by molar-refractivity contribution is 5.68. The van der Waals surface area contributed by atoms with Gasteiger partial charge in [0.2, 0.25) is 0 Å². The Bertz CT molecular complexity index is 743. The summed E-state index contributed by atoms with van der Waals surface area (Å²) < 4.78 is 11.2. The van der Waals surface area contributed by atoms with Crippen LogP contribution in [-0.4, -0.2) is 42.3 Å². The third-order valence-corrected chi connectivity index (χ3v) is 4.75. The van der Waals surface area contributed by atoms with E-state index in [1.54, 1.807) is 18.2 Å². The maximum Gasteiger partial charge on any atom is 0.341 e. The molecule has 0 bridgehead atoms. The van der Waals surface area contributed by atoms with Crippen molar-refractivity contribution in [2.45, 2.75) is 19.4 Å². The molecule has 0 amide bonds. The molecule has 1 fully saturated rings. The molecule has 0 aliphatic carbocycles. The number of anilines is 1. The number of carboxylic acid groups (broad SMARTS) is 1. The van der Waals surface area contributed by atoms with Crippen LogP contribution in [0.15, 0.2) is 48.5 Å². The summed E-state index contributed by atoms with van der Waals surface area (Å²) in [5.41, 5.74) is 7.62. The van der Waals surface area contributed by atoms with Gasteiger partial charge in [0.05, 0.1) is 6.61 Å². The van der Waals surface area contributed by atoms with Crippen LogP contribution in [0.4, 0.5) is 5.69 Å². The van der Waals surface area contributed by atoms with Crippen LogP contribution in [0.3, 0.4) is 0 Å². The van der Waals surface area contributed by atoms with Crippen LogP contribution >= 0.6 is 0 Å². The molecule has 0 unspecified atom stereocenters. The summed E-state index contributed by atoms with van der Waals surface area (Å²) in [7, 11) is 0. The maximum atomic E-state index is 10.7. The zero-order valence-electron chi connectivity index (χ0n) is 15.3. The van der Waals surface area contributed by atoms with Gasteiger partial charge in [-0.3, -0.25) is 4.90 Å². The van der Waals surface area contributed by atoms with E-state index in [4.69, 9.17) is 20.3 Å². The summed E-state index contributed by atoms with van der Waals surface area (Å²) in [6, 6.07) is 15.6. The zero-order chi connectivity index (χ0) is 19.1. The Morgan fingerprint density at radius 2 is 1.81 bits per heavy atom. The zero-order valence-corrected chi connectivity index (χ0v) is 15.3. The molecule has 3 N–H and O–H groups in total. The summed E-state index contributed by atoms with van der Waals surface area (Å²) in [6.45, 7) is 3.25. The summed E-state index contributed by atoms with van der Waals surface area (Å²) in [6.07, 6.45) is 2.15. The maximum absolute atomic E-state index is 10.7. The van der Waals surface area contributed by atoms with Gasteiger partial charge in [-0.2, -0.15) is 0 Å². The van der Waals surface area contributed by atoms with Gasteiger partial charge in [-0.1, -0.05) is 30.3 Å². The van der Waals surface area contributed by atoms with E-state index in [-0.39, 0.29) is 0 Å². The first-order valence-corrected chi connectivity index (χ1v) is 9.23. The Labute approximate surface area is 159 Å². The number of rotatable bonds is 8. The highest BCUT2D eigenvalue weighted by Gasteiger charge is 2.20. The molecule has 27 heavy (non-hydrogen) atoms. The molecular weight excluding hydrogens is 344 g/mol. The fourth-order valence-electron chi connectivity index (χ4n) is 3.26. The van der Waals surface area contributed by atoms with Gasteiger partial charge in [0.25, 0.3) is 0 Å². The predicted octanol–water partition coefficient (Wildman–Crippen LogP) is 3.02. The number of benzene rings is 2. The molecule has 1 aliphatic rings. The first-order chi connectivity index (χ1) is 13.1. The minimum absolute atomic E-state index is 0.374. The molecule has 3 rings (SSSR count). The van der Waals surface area contributed by atoms with Gasteiger partial charge in [0.15, 0.2) is 18.1 Å². The molecule has 6 heteroatoms. The quantitative estimate of drug-likeness (QED) is 0.695. The van der Waals surface area contributed by atoms with Gasteiger partial charge in [0, 0.05) is 18.3 Å². The molecule has 6 nitrogen and oxygen atoms in total. The number of piperidine rings is 1. The first kappa shape index (κ1) is 19.0. The molecule has 0 radical (unpaired) electrons. The number of nitrogen functional groups attached to an aromatic ring is 1. The molecule has 0 saturated carbocycles. The summed E-state index contributed by atoms with van der Waals surface area (Å²) in [4.78, 5) is 13.2. The number of carboxylic acids is 1. The monoisotopic (exact) mass is 370 g/mol. The number of hydrogen-bond acceptors (Lipinski definition) is 5. The number of ether oxygens (including phenoxy) is 2. The number of carbonyl (C=O) groups is 1. The average Bonchev–Trinajstić information content (AvgIpc) is 2.67. The van der Waals surface area contributed by atoms with Crippen molar-refractivity contribution in [3.8, 4) is 11.5 Å². The molecule has 0 atom stereocenters. The van der Waals surface area contributed by atoms with Crippen LogP contribution < -0.4 is 15.2 Å². The van der Waals surface area contributed by atoms with Crippen molar-refractivity contribution in [3.05, 3.63) is 54.1 Å². The molecule has 1 saturated heterocycles. The minimum atomic E-state index is -1.03. The van der Waals surface area contributed by atoms with Crippen molar-refractivity contribution in [1.82, 2.24) is 4.90 Å². The standard InChI is InChI=1S/C21H26N2O4/c22-18-6-7-19(20(12-18)27-15-21(24)25)26-14-17-8-10-23(11-9-17)13-16-4-2-1-3-5-16/h1-7,12,17H,8-11,13-15,22H2,(H,24,25). The van der Waals surface area contributed by atoms with Gasteiger partial charge in [0.1, 0.15) is 0 Å². The minimum Gasteiger partial charge on any atom is -0.489 e. The van der Waals surface area contributed by atoms with E-state index in [9.17, 15) is 4.79 Å². The lowest BCUT2D eigenvalue weighted by atomic mass is 9.97. The molecule has 0 aromatic heterocycles. The second-order valence-corrected chi connectivity index (χ2v) is 6.90. The van der Waals surface area contributed by atoms with Gasteiger partial charge < -0.3 is 20.3 Å². The fraction of sp³-hybridized carbons (Fsp3) is 0.381. The van der Waals surface area contributed by atoms with E-state index in [1.165, 1.54) is 5.56 Å². The number of likely N-dealkylation sites (tertiary alicyclic amines) is 1. The molecule has 2 aromatic carbocycles. The Hall–Kier alpha value is -2.73. The van der Waals surface area contributed by atoms with Crippen LogP contribution in [0.1, 0.15) is 18.4 Å². The lowest BCUT2D eigenvalue weighted by Crippen LogP contribution is -2.35. The fourth-order valence-corrected chi connectivity index (χ4v) is 3.26. The topological polar surface area (TPSA) is 85.0 Å². The highest BCUT2D eigenvalue weighted by atomic mass is 16.5. The number of aliphatic carboxylic acids is 1. The van der Waals surface area contributed by atoms with E-state index < -0.39 is 12.6 Å². The Morgan fingerprint density at radius 3 is 2.52 bits per heavy atom. The van der Waals surface area contributed by atoms with Gasteiger partial charge >= 0.3 is 5.97 Å². The molecule has 0 spiro atoms. The number of hydrogen-bond donors (Lipinski definition) is 2. The van der Waals surface area contributed by atoms with Crippen LogP contribution in [0.25, 0.3) is 0 Å². The van der Waals surface area contributed by atoms with E-state index in [1.807, 2.05) is 6.07 Å². The van der Waals surface area contributed by atoms with Gasteiger partial charge in [-0.15, -0.1) is 0 Å². The molecular formula is C21H26N2O4. The number of nitrogens with zero attached hydrogens (tertiary/aromatic N) is 1. The van der Waals surface area contributed by atoms with Crippen LogP contribution in [0.5, 0.6) is 11.5 Å². The molecule has 1 aliphatic heterocycles. The first-order valence-electron chi connectivity index (χ1n) is 9.23. The Balaban J connectivity index is 1.48. The normalized spacial score (nSPS) is 15.4. The molecule has 1 heterocycles. The van der Waals surface area contributed by atoms with E-state index in [0.717, 1.165) is 32.5 Å². The summed E-state index contributed by atoms with van der Waals surface area (Å²) >= 11 is 0. The van der Waals surface area contributed by atoms with Gasteiger partial charge in [-0.05, 0) is 49.5 Å². The lowest BCUT2D eigenvalue weighted by molar-refractivity contribution is -0.139. The van der Waals surface area contributed by atoms with Gasteiger partial charge in [-0.25, -0.2) is 4.79 Å². The molecule has 2 aromatic rings. The second-order valence-electron chi connectivity index (χ2n) is 6.90. The molecule has 144 valence electrons. The Kier molecular flexibility index (Phi) is 6.54. The summed E-state index contributed by atoms with van der Waals surface area (Å²) in [5, 5.41) is 8.80. The predicted molar refractivity (Wildman–Crippen MR) is 104 cm³/mol. The highest BCUT2D eigenvalue weighted by Crippen LogP contribution is 2.30. The summed E-state index contributed by atoms with van der Waals surface area (Å²) in [5.74, 6) is 0.354. The smallest absolute Gasteiger partial charge is 0.341 e. The lowest BCUT2D eigenvalue weighted by Gasteiger charge is -2.32. The SMILES string of the molecule is Nc1ccc(OCC2CCN(Cc3ccccc3)CC2)c(OCC(=O)O)c1. The van der Waals surface area contributed by atoms with Crippen molar-refractivity contribution in [3.63, 3.8) is 0 Å². The van der Waals surface area contributed by atoms with Crippen LogP contribution in [-0.2, 0) is 11.3 Å². The second kappa shape index (κ2) is 9.28. The number of nitrogens with two attached hydrogens (primary N) is 1. The van der Waals surface area contributed by atoms with Crippen LogP contribution in [0, 0.1) is 5.92 Å². The van der Waals surface area contributed by atoms with Crippen molar-refractivity contribution in [1.29, 1.82) is 0 Å². The average molecular weight is 370 g/mol. The van der Waals surface area contributed by atoms with Crippen molar-refractivity contribution < 1.29 is 19.4 Å². The van der Waals surface area contributed by atoms with E-state index >= 15 is 0 Å². The van der Waals surface area contributed by atoms with Crippen molar-refractivity contribution in [2.24, 2.45) is 5.92 Å².